The standard InChI is InChI=1S/C14H18N2OS/c1-2-12-14(18-16-15-12)13(17)10-6-9-11-7-4-3-5-8-11/h3-5,7-8,13,17H,2,6,9-10H2,1H3. The van der Waals surface area contributed by atoms with Crippen LogP contribution in [0, 0.1) is 0 Å². The average Bonchev–Trinajstić information content (AvgIpc) is 2.88. The van der Waals surface area contributed by atoms with Crippen LogP contribution in [0.4, 0.5) is 0 Å². The van der Waals surface area contributed by atoms with Gasteiger partial charge in [-0.15, -0.1) is 5.10 Å². The molecule has 0 spiro atoms. The molecule has 0 bridgehead atoms. The molecule has 0 fully saturated rings. The first-order chi connectivity index (χ1) is 8.81. The van der Waals surface area contributed by atoms with Crippen molar-refractivity contribution in [2.24, 2.45) is 0 Å². The summed E-state index contributed by atoms with van der Waals surface area (Å²) < 4.78 is 3.91. The van der Waals surface area contributed by atoms with E-state index in [1.165, 1.54) is 17.1 Å². The van der Waals surface area contributed by atoms with Crippen LogP contribution in [0.3, 0.4) is 0 Å². The van der Waals surface area contributed by atoms with Crippen LogP contribution in [0.5, 0.6) is 0 Å². The van der Waals surface area contributed by atoms with Crippen molar-refractivity contribution in [3.05, 3.63) is 46.5 Å². The van der Waals surface area contributed by atoms with Crippen molar-refractivity contribution in [2.45, 2.75) is 38.7 Å². The van der Waals surface area contributed by atoms with E-state index in [9.17, 15) is 5.11 Å². The van der Waals surface area contributed by atoms with Crippen LogP contribution in [0.15, 0.2) is 30.3 Å². The number of nitrogens with zero attached hydrogens (tertiary/aromatic N) is 2. The molecule has 4 heteroatoms. The van der Waals surface area contributed by atoms with E-state index in [4.69, 9.17) is 0 Å². The van der Waals surface area contributed by atoms with Gasteiger partial charge in [-0.2, -0.15) is 0 Å². The topological polar surface area (TPSA) is 46.0 Å². The number of hydrogen-bond acceptors (Lipinski definition) is 4. The van der Waals surface area contributed by atoms with Gasteiger partial charge in [0.05, 0.1) is 16.7 Å². The van der Waals surface area contributed by atoms with Gasteiger partial charge in [-0.05, 0) is 42.8 Å². The molecule has 18 heavy (non-hydrogen) atoms. The number of benzene rings is 1. The molecule has 0 saturated heterocycles. The monoisotopic (exact) mass is 262 g/mol. The first-order valence-electron chi connectivity index (χ1n) is 6.34. The molecule has 0 aliphatic rings. The highest BCUT2D eigenvalue weighted by Gasteiger charge is 2.15. The summed E-state index contributed by atoms with van der Waals surface area (Å²) in [4.78, 5) is 0.936. The lowest BCUT2D eigenvalue weighted by molar-refractivity contribution is 0.167. The second-order valence-electron chi connectivity index (χ2n) is 4.33. The van der Waals surface area contributed by atoms with Gasteiger partial charge in [-0.1, -0.05) is 41.7 Å². The number of aryl methyl sites for hydroxylation is 2. The van der Waals surface area contributed by atoms with E-state index in [2.05, 4.69) is 21.7 Å². The predicted molar refractivity (Wildman–Crippen MR) is 73.6 cm³/mol. The van der Waals surface area contributed by atoms with Gasteiger partial charge in [0.15, 0.2) is 0 Å². The Bertz CT molecular complexity index is 470. The molecule has 1 atom stereocenters. The minimum absolute atomic E-state index is 0.413. The fourth-order valence-corrected chi connectivity index (χ4v) is 2.75. The molecule has 2 rings (SSSR count). The Morgan fingerprint density at radius 3 is 2.78 bits per heavy atom. The zero-order chi connectivity index (χ0) is 12.8. The van der Waals surface area contributed by atoms with Crippen molar-refractivity contribution in [2.75, 3.05) is 0 Å². The Morgan fingerprint density at radius 1 is 1.28 bits per heavy atom. The fourth-order valence-electron chi connectivity index (χ4n) is 1.99. The number of hydrogen-bond donors (Lipinski definition) is 1. The second-order valence-corrected chi connectivity index (χ2v) is 5.12. The minimum Gasteiger partial charge on any atom is -0.387 e. The van der Waals surface area contributed by atoms with E-state index in [0.717, 1.165) is 36.3 Å². The summed E-state index contributed by atoms with van der Waals surface area (Å²) in [7, 11) is 0. The van der Waals surface area contributed by atoms with Crippen LogP contribution in [0.1, 0.15) is 42.0 Å². The molecule has 3 nitrogen and oxygen atoms in total. The summed E-state index contributed by atoms with van der Waals surface area (Å²) in [6, 6.07) is 10.4. The van der Waals surface area contributed by atoms with Crippen LogP contribution < -0.4 is 0 Å². The van der Waals surface area contributed by atoms with Gasteiger partial charge in [0.25, 0.3) is 0 Å². The molecule has 0 saturated carbocycles. The highest BCUT2D eigenvalue weighted by molar-refractivity contribution is 7.05. The maximum absolute atomic E-state index is 10.1. The number of aliphatic hydroxyl groups is 1. The van der Waals surface area contributed by atoms with Crippen LogP contribution in [-0.2, 0) is 12.8 Å². The Hall–Kier alpha value is -1.26. The van der Waals surface area contributed by atoms with Crippen LogP contribution in [0.25, 0.3) is 0 Å². The number of aromatic nitrogens is 2. The first kappa shape index (κ1) is 13.2. The highest BCUT2D eigenvalue weighted by atomic mass is 32.1. The third-order valence-corrected chi connectivity index (χ3v) is 3.88. The molecule has 2 aromatic rings. The summed E-state index contributed by atoms with van der Waals surface area (Å²) in [5.41, 5.74) is 2.26. The predicted octanol–water partition coefficient (Wildman–Crippen LogP) is 3.16. The maximum Gasteiger partial charge on any atom is 0.0917 e. The van der Waals surface area contributed by atoms with E-state index in [1.54, 1.807) is 0 Å². The van der Waals surface area contributed by atoms with Crippen molar-refractivity contribution >= 4 is 11.5 Å². The zero-order valence-electron chi connectivity index (χ0n) is 10.5. The molecular formula is C14H18N2OS. The molecule has 1 aromatic heterocycles. The molecular weight excluding hydrogens is 244 g/mol. The summed E-state index contributed by atoms with van der Waals surface area (Å²) in [6.07, 6.45) is 3.18. The van der Waals surface area contributed by atoms with E-state index in [-0.39, 0.29) is 0 Å². The second kappa shape index (κ2) is 6.61. The SMILES string of the molecule is CCc1nnsc1C(O)CCCc1ccccc1. The van der Waals surface area contributed by atoms with Gasteiger partial charge >= 0.3 is 0 Å². The molecule has 1 aromatic carbocycles. The first-order valence-corrected chi connectivity index (χ1v) is 7.11. The lowest BCUT2D eigenvalue weighted by Gasteiger charge is -2.09. The van der Waals surface area contributed by atoms with Gasteiger partial charge in [-0.3, -0.25) is 0 Å². The Balaban J connectivity index is 1.84. The molecule has 0 aliphatic heterocycles. The van der Waals surface area contributed by atoms with Crippen molar-refractivity contribution in [3.8, 4) is 0 Å². The lowest BCUT2D eigenvalue weighted by Crippen LogP contribution is -1.99. The fraction of sp³-hybridized carbons (Fsp3) is 0.429. The molecule has 0 aliphatic carbocycles. The molecule has 0 amide bonds. The van der Waals surface area contributed by atoms with Crippen LogP contribution in [-0.4, -0.2) is 14.7 Å². The lowest BCUT2D eigenvalue weighted by atomic mass is 10.0. The van der Waals surface area contributed by atoms with Gasteiger partial charge < -0.3 is 5.11 Å². The molecule has 96 valence electrons. The van der Waals surface area contributed by atoms with Crippen LogP contribution in [0.2, 0.25) is 0 Å². The number of rotatable bonds is 6. The van der Waals surface area contributed by atoms with E-state index >= 15 is 0 Å². The van der Waals surface area contributed by atoms with Crippen molar-refractivity contribution in [3.63, 3.8) is 0 Å². The smallest absolute Gasteiger partial charge is 0.0917 e. The van der Waals surface area contributed by atoms with Gasteiger partial charge in [0.2, 0.25) is 0 Å². The van der Waals surface area contributed by atoms with E-state index in [1.807, 2.05) is 25.1 Å². The molecule has 1 unspecified atom stereocenters. The van der Waals surface area contributed by atoms with Crippen molar-refractivity contribution in [1.82, 2.24) is 9.59 Å². The van der Waals surface area contributed by atoms with Crippen molar-refractivity contribution < 1.29 is 5.11 Å². The quantitative estimate of drug-likeness (QED) is 0.869. The maximum atomic E-state index is 10.1. The Labute approximate surface area is 112 Å². The number of aliphatic hydroxyl groups excluding tert-OH is 1. The summed E-state index contributed by atoms with van der Waals surface area (Å²) in [5, 5.41) is 14.2. The van der Waals surface area contributed by atoms with Gasteiger partial charge in [-0.25, -0.2) is 0 Å². The zero-order valence-corrected chi connectivity index (χ0v) is 11.4. The Morgan fingerprint density at radius 2 is 2.06 bits per heavy atom. The van der Waals surface area contributed by atoms with E-state index < -0.39 is 6.10 Å². The normalized spacial score (nSPS) is 12.6. The summed E-state index contributed by atoms with van der Waals surface area (Å²) >= 11 is 1.32. The average molecular weight is 262 g/mol. The van der Waals surface area contributed by atoms with Crippen molar-refractivity contribution in [1.29, 1.82) is 0 Å². The largest absolute Gasteiger partial charge is 0.387 e. The summed E-state index contributed by atoms with van der Waals surface area (Å²) in [5.74, 6) is 0. The molecule has 0 radical (unpaired) electrons. The highest BCUT2D eigenvalue weighted by Crippen LogP contribution is 2.25. The van der Waals surface area contributed by atoms with Gasteiger partial charge in [0, 0.05) is 0 Å². The molecule has 1 N–H and O–H groups in total. The summed E-state index contributed by atoms with van der Waals surface area (Å²) in [6.45, 7) is 2.04. The third-order valence-electron chi connectivity index (χ3n) is 3.01. The van der Waals surface area contributed by atoms with E-state index in [0.29, 0.717) is 0 Å². The van der Waals surface area contributed by atoms with Gasteiger partial charge in [0.1, 0.15) is 0 Å². The third kappa shape index (κ3) is 3.37. The van der Waals surface area contributed by atoms with Crippen LogP contribution >= 0.6 is 11.5 Å². The molecule has 1 heterocycles. The Kier molecular flexibility index (Phi) is 4.84. The minimum atomic E-state index is -0.413.